The molecule has 0 aliphatic rings. The van der Waals surface area contributed by atoms with Crippen LogP contribution in [0.3, 0.4) is 0 Å². The van der Waals surface area contributed by atoms with Gasteiger partial charge in [0.25, 0.3) is 5.91 Å². The quantitative estimate of drug-likeness (QED) is 0.745. The molecule has 1 unspecified atom stereocenters. The van der Waals surface area contributed by atoms with Gasteiger partial charge in [-0.1, -0.05) is 18.2 Å². The fourth-order valence-corrected chi connectivity index (χ4v) is 1.38. The first kappa shape index (κ1) is 13.2. The standard InChI is InChI=1S/C12H16N2O3/c1-9(8-11(15)14-17-2)13-12(16)10-6-4-3-5-7-10/h3-7,9H,8H2,1-2H3,(H,13,16)(H,14,15). The number of rotatable bonds is 5. The third-order valence-electron chi connectivity index (χ3n) is 2.12. The fourth-order valence-electron chi connectivity index (χ4n) is 1.38. The van der Waals surface area contributed by atoms with Crippen molar-refractivity contribution >= 4 is 11.8 Å². The highest BCUT2D eigenvalue weighted by Crippen LogP contribution is 2.00. The maximum Gasteiger partial charge on any atom is 0.251 e. The second-order valence-corrected chi connectivity index (χ2v) is 3.67. The predicted octanol–water partition coefficient (Wildman–Crippen LogP) is 0.873. The Morgan fingerprint density at radius 1 is 1.29 bits per heavy atom. The molecule has 0 bridgehead atoms. The monoisotopic (exact) mass is 236 g/mol. The highest BCUT2D eigenvalue weighted by atomic mass is 16.6. The van der Waals surface area contributed by atoms with Crippen molar-refractivity contribution in [3.05, 3.63) is 35.9 Å². The number of carbonyl (C=O) groups is 2. The first-order valence-electron chi connectivity index (χ1n) is 5.31. The third-order valence-corrected chi connectivity index (χ3v) is 2.12. The predicted molar refractivity (Wildman–Crippen MR) is 63.1 cm³/mol. The van der Waals surface area contributed by atoms with Crippen molar-refractivity contribution in [2.75, 3.05) is 7.11 Å². The molecule has 1 aromatic rings. The zero-order valence-electron chi connectivity index (χ0n) is 9.90. The van der Waals surface area contributed by atoms with E-state index in [0.29, 0.717) is 5.56 Å². The Kier molecular flexibility index (Phi) is 5.16. The minimum absolute atomic E-state index is 0.173. The van der Waals surface area contributed by atoms with Crippen LogP contribution in [-0.2, 0) is 9.63 Å². The summed E-state index contributed by atoms with van der Waals surface area (Å²) in [5, 5.41) is 2.73. The molecular weight excluding hydrogens is 220 g/mol. The van der Waals surface area contributed by atoms with Gasteiger partial charge in [0.1, 0.15) is 0 Å². The molecule has 2 N–H and O–H groups in total. The Morgan fingerprint density at radius 3 is 2.53 bits per heavy atom. The summed E-state index contributed by atoms with van der Waals surface area (Å²) in [7, 11) is 1.37. The number of amides is 2. The van der Waals surface area contributed by atoms with E-state index >= 15 is 0 Å². The maximum atomic E-state index is 11.7. The molecule has 5 heteroatoms. The van der Waals surface area contributed by atoms with Crippen molar-refractivity contribution < 1.29 is 14.4 Å². The van der Waals surface area contributed by atoms with Gasteiger partial charge < -0.3 is 5.32 Å². The van der Waals surface area contributed by atoms with Gasteiger partial charge in [0, 0.05) is 18.0 Å². The van der Waals surface area contributed by atoms with Crippen LogP contribution in [0.25, 0.3) is 0 Å². The Morgan fingerprint density at radius 2 is 1.94 bits per heavy atom. The molecule has 1 rings (SSSR count). The molecule has 1 atom stereocenters. The smallest absolute Gasteiger partial charge is 0.251 e. The molecule has 92 valence electrons. The maximum absolute atomic E-state index is 11.7. The molecule has 0 aliphatic heterocycles. The van der Waals surface area contributed by atoms with Crippen molar-refractivity contribution in [3.63, 3.8) is 0 Å². The van der Waals surface area contributed by atoms with E-state index in [1.54, 1.807) is 31.2 Å². The first-order valence-corrected chi connectivity index (χ1v) is 5.31. The van der Waals surface area contributed by atoms with E-state index in [1.807, 2.05) is 6.07 Å². The topological polar surface area (TPSA) is 67.4 Å². The van der Waals surface area contributed by atoms with Gasteiger partial charge in [0.15, 0.2) is 0 Å². The van der Waals surface area contributed by atoms with Crippen LogP contribution in [0.15, 0.2) is 30.3 Å². The Bertz CT molecular complexity index is 379. The summed E-state index contributed by atoms with van der Waals surface area (Å²) in [6.45, 7) is 1.76. The van der Waals surface area contributed by atoms with Crippen LogP contribution in [0.4, 0.5) is 0 Å². The molecule has 2 amide bonds. The number of benzene rings is 1. The van der Waals surface area contributed by atoms with Crippen molar-refractivity contribution in [1.29, 1.82) is 0 Å². The molecule has 0 spiro atoms. The number of nitrogens with one attached hydrogen (secondary N) is 2. The van der Waals surface area contributed by atoms with E-state index in [1.165, 1.54) is 7.11 Å². The molecule has 17 heavy (non-hydrogen) atoms. The van der Waals surface area contributed by atoms with E-state index in [0.717, 1.165) is 0 Å². The van der Waals surface area contributed by atoms with Gasteiger partial charge in [-0.25, -0.2) is 5.48 Å². The molecule has 0 saturated carbocycles. The zero-order chi connectivity index (χ0) is 12.7. The molecule has 0 aliphatic carbocycles. The van der Waals surface area contributed by atoms with Gasteiger partial charge in [0.05, 0.1) is 7.11 Å². The van der Waals surface area contributed by atoms with Crippen molar-refractivity contribution in [3.8, 4) is 0 Å². The fraction of sp³-hybridized carbons (Fsp3) is 0.333. The van der Waals surface area contributed by atoms with E-state index in [-0.39, 0.29) is 24.3 Å². The average molecular weight is 236 g/mol. The summed E-state index contributed by atoms with van der Waals surface area (Å²) in [6.07, 6.45) is 0.173. The minimum atomic E-state index is -0.270. The number of hydrogen-bond donors (Lipinski definition) is 2. The summed E-state index contributed by atoms with van der Waals surface area (Å²) in [4.78, 5) is 27.4. The number of hydroxylamine groups is 1. The van der Waals surface area contributed by atoms with Crippen LogP contribution in [0.5, 0.6) is 0 Å². The van der Waals surface area contributed by atoms with E-state index < -0.39 is 0 Å². The van der Waals surface area contributed by atoms with Crippen molar-refractivity contribution in [2.24, 2.45) is 0 Å². The summed E-state index contributed by atoms with van der Waals surface area (Å²) in [5.41, 5.74) is 2.77. The largest absolute Gasteiger partial charge is 0.349 e. The summed E-state index contributed by atoms with van der Waals surface area (Å²) in [6, 6.07) is 8.60. The van der Waals surface area contributed by atoms with Crippen LogP contribution in [0, 0.1) is 0 Å². The van der Waals surface area contributed by atoms with Crippen molar-refractivity contribution in [2.45, 2.75) is 19.4 Å². The highest BCUT2D eigenvalue weighted by molar-refractivity contribution is 5.94. The highest BCUT2D eigenvalue weighted by Gasteiger charge is 2.12. The first-order chi connectivity index (χ1) is 8.13. The Hall–Kier alpha value is -1.88. The van der Waals surface area contributed by atoms with Gasteiger partial charge in [-0.15, -0.1) is 0 Å². The zero-order valence-corrected chi connectivity index (χ0v) is 9.90. The second-order valence-electron chi connectivity index (χ2n) is 3.67. The summed E-state index contributed by atoms with van der Waals surface area (Å²) < 4.78 is 0. The molecule has 0 radical (unpaired) electrons. The lowest BCUT2D eigenvalue weighted by molar-refractivity contribution is -0.131. The summed E-state index contributed by atoms with van der Waals surface area (Å²) >= 11 is 0. The van der Waals surface area contributed by atoms with Crippen LogP contribution < -0.4 is 10.8 Å². The Balaban J connectivity index is 2.44. The van der Waals surface area contributed by atoms with E-state index in [2.05, 4.69) is 15.6 Å². The van der Waals surface area contributed by atoms with Crippen LogP contribution in [0.1, 0.15) is 23.7 Å². The second kappa shape index (κ2) is 6.65. The van der Waals surface area contributed by atoms with Gasteiger partial charge >= 0.3 is 0 Å². The van der Waals surface area contributed by atoms with Gasteiger partial charge in [-0.2, -0.15) is 0 Å². The molecule has 1 aromatic carbocycles. The molecule has 0 aromatic heterocycles. The van der Waals surface area contributed by atoms with Crippen LogP contribution >= 0.6 is 0 Å². The molecule has 0 heterocycles. The summed E-state index contributed by atoms with van der Waals surface area (Å²) in [5.74, 6) is -0.461. The van der Waals surface area contributed by atoms with Crippen LogP contribution in [-0.4, -0.2) is 25.0 Å². The van der Waals surface area contributed by atoms with Crippen LogP contribution in [0.2, 0.25) is 0 Å². The van der Waals surface area contributed by atoms with E-state index in [9.17, 15) is 9.59 Å². The van der Waals surface area contributed by atoms with E-state index in [4.69, 9.17) is 0 Å². The van der Waals surface area contributed by atoms with Gasteiger partial charge in [-0.3, -0.25) is 14.4 Å². The lowest BCUT2D eigenvalue weighted by atomic mass is 10.2. The Labute approximate surface area is 100 Å². The van der Waals surface area contributed by atoms with Gasteiger partial charge in [-0.05, 0) is 19.1 Å². The molecule has 5 nitrogen and oxygen atoms in total. The normalized spacial score (nSPS) is 11.6. The number of hydrogen-bond acceptors (Lipinski definition) is 3. The molecule has 0 saturated heterocycles. The van der Waals surface area contributed by atoms with Gasteiger partial charge in [0.2, 0.25) is 5.91 Å². The molecular formula is C12H16N2O3. The number of carbonyl (C=O) groups excluding carboxylic acids is 2. The SMILES string of the molecule is CONC(=O)CC(C)NC(=O)c1ccccc1. The minimum Gasteiger partial charge on any atom is -0.349 e. The molecule has 0 fully saturated rings. The third kappa shape index (κ3) is 4.65. The lowest BCUT2D eigenvalue weighted by Gasteiger charge is -2.13. The van der Waals surface area contributed by atoms with Crippen molar-refractivity contribution in [1.82, 2.24) is 10.8 Å². The lowest BCUT2D eigenvalue weighted by Crippen LogP contribution is -2.37. The average Bonchev–Trinajstić information content (AvgIpc) is 2.30.